The van der Waals surface area contributed by atoms with Crippen LogP contribution in [0, 0.1) is 10.1 Å². The summed E-state index contributed by atoms with van der Waals surface area (Å²) >= 11 is 1.60. The summed E-state index contributed by atoms with van der Waals surface area (Å²) in [6.45, 7) is 1.87. The fourth-order valence-corrected chi connectivity index (χ4v) is 2.41. The molecule has 0 saturated carbocycles. The van der Waals surface area contributed by atoms with E-state index >= 15 is 0 Å². The van der Waals surface area contributed by atoms with Gasteiger partial charge in [0.15, 0.2) is 0 Å². The van der Waals surface area contributed by atoms with Crippen LogP contribution in [-0.2, 0) is 4.74 Å². The summed E-state index contributed by atoms with van der Waals surface area (Å²) in [5.74, 6) is 0.208. The van der Waals surface area contributed by atoms with Gasteiger partial charge in [-0.1, -0.05) is 6.07 Å². The van der Waals surface area contributed by atoms with E-state index in [-0.39, 0.29) is 28.8 Å². The van der Waals surface area contributed by atoms with Gasteiger partial charge in [0, 0.05) is 11.8 Å². The molecule has 1 heterocycles. The Labute approximate surface area is 114 Å². The van der Waals surface area contributed by atoms with Crippen LogP contribution >= 0.6 is 11.8 Å². The van der Waals surface area contributed by atoms with E-state index in [2.05, 4.69) is 4.99 Å². The number of carbonyl (C=O) groups excluding carboxylic acids is 1. The van der Waals surface area contributed by atoms with Gasteiger partial charge in [0.2, 0.25) is 5.90 Å². The van der Waals surface area contributed by atoms with Crippen LogP contribution in [0.2, 0.25) is 0 Å². The number of benzene rings is 1. The van der Waals surface area contributed by atoms with Crippen LogP contribution in [0.4, 0.5) is 5.69 Å². The molecule has 100 valence electrons. The summed E-state index contributed by atoms with van der Waals surface area (Å²) in [5, 5.41) is 11.0. The molecule has 2 rings (SSSR count). The summed E-state index contributed by atoms with van der Waals surface area (Å²) in [4.78, 5) is 26.4. The quantitative estimate of drug-likeness (QED) is 0.480. The molecule has 1 aliphatic rings. The third-order valence-corrected chi connectivity index (χ3v) is 3.42. The lowest BCUT2D eigenvalue weighted by molar-refractivity contribution is -0.385. The first kappa shape index (κ1) is 13.5. The molecule has 0 aromatic heterocycles. The number of carbonyl (C=O) groups is 1. The van der Waals surface area contributed by atoms with Crippen molar-refractivity contribution in [3.63, 3.8) is 0 Å². The van der Waals surface area contributed by atoms with Crippen molar-refractivity contribution in [1.82, 2.24) is 0 Å². The van der Waals surface area contributed by atoms with Crippen molar-refractivity contribution in [3.05, 3.63) is 39.4 Å². The van der Waals surface area contributed by atoms with E-state index < -0.39 is 10.9 Å². The van der Waals surface area contributed by atoms with Crippen molar-refractivity contribution in [2.45, 2.75) is 13.0 Å². The molecule has 0 radical (unpaired) electrons. The minimum Gasteiger partial charge on any atom is -0.403 e. The second-order valence-electron chi connectivity index (χ2n) is 4.08. The number of thioether (sulfide) groups is 1. The van der Waals surface area contributed by atoms with Crippen molar-refractivity contribution in [2.24, 2.45) is 4.99 Å². The summed E-state index contributed by atoms with van der Waals surface area (Å²) in [5.41, 5.74) is 0.230. The maximum atomic E-state index is 11.7. The first-order valence-corrected chi connectivity index (χ1v) is 7.00. The number of nitro benzene ring substituents is 1. The van der Waals surface area contributed by atoms with Gasteiger partial charge in [0.1, 0.15) is 5.56 Å². The van der Waals surface area contributed by atoms with Crippen LogP contribution in [0.1, 0.15) is 22.8 Å². The number of rotatable bonds is 4. The average Bonchev–Trinajstić information content (AvgIpc) is 2.66. The zero-order valence-electron chi connectivity index (χ0n) is 10.5. The zero-order valence-corrected chi connectivity index (χ0v) is 11.3. The highest BCUT2D eigenvalue weighted by atomic mass is 32.2. The van der Waals surface area contributed by atoms with Crippen LogP contribution in [0.3, 0.4) is 0 Å². The van der Waals surface area contributed by atoms with Crippen molar-refractivity contribution in [3.8, 4) is 0 Å². The number of nitro groups is 1. The molecule has 7 heteroatoms. The van der Waals surface area contributed by atoms with Gasteiger partial charge in [0.05, 0.1) is 16.5 Å². The fourth-order valence-electron chi connectivity index (χ4n) is 1.85. The lowest BCUT2D eigenvalue weighted by atomic mass is 10.1. The van der Waals surface area contributed by atoms with E-state index in [1.165, 1.54) is 18.2 Å². The molecule has 1 aromatic carbocycles. The molecule has 0 spiro atoms. The number of cyclic esters (lactones) is 1. The van der Waals surface area contributed by atoms with Gasteiger partial charge in [-0.25, -0.2) is 9.79 Å². The van der Waals surface area contributed by atoms with Gasteiger partial charge in [-0.3, -0.25) is 10.1 Å². The van der Waals surface area contributed by atoms with Gasteiger partial charge in [-0.2, -0.15) is 11.8 Å². The van der Waals surface area contributed by atoms with Gasteiger partial charge in [-0.05, 0) is 19.2 Å². The normalized spacial score (nSPS) is 17.2. The third kappa shape index (κ3) is 2.60. The molecule has 0 N–H and O–H groups in total. The van der Waals surface area contributed by atoms with Gasteiger partial charge >= 0.3 is 5.97 Å². The minimum atomic E-state index is -0.589. The van der Waals surface area contributed by atoms with Gasteiger partial charge in [-0.15, -0.1) is 0 Å². The van der Waals surface area contributed by atoms with Crippen LogP contribution in [-0.4, -0.2) is 34.8 Å². The molecular weight excluding hydrogens is 268 g/mol. The predicted molar refractivity (Wildman–Crippen MR) is 72.9 cm³/mol. The molecule has 6 nitrogen and oxygen atoms in total. The van der Waals surface area contributed by atoms with Crippen molar-refractivity contribution in [2.75, 3.05) is 12.0 Å². The number of esters is 1. The highest BCUT2D eigenvalue weighted by molar-refractivity contribution is 7.98. The third-order valence-electron chi connectivity index (χ3n) is 2.61. The molecule has 0 saturated heterocycles. The van der Waals surface area contributed by atoms with Crippen LogP contribution in [0.15, 0.2) is 23.2 Å². The number of aliphatic imine (C=N–C) groups is 1. The molecule has 0 fully saturated rings. The second-order valence-corrected chi connectivity index (χ2v) is 5.00. The molecule has 0 amide bonds. The standard InChI is InChI=1S/C12H12N2O4S/c1-7(6-19-2)13-11-10-8(12(15)18-11)4-3-5-9(10)14(16)17/h3-5,7H,6H2,1-2H3/b13-11-. The number of hydrogen-bond donors (Lipinski definition) is 0. The molecule has 1 unspecified atom stereocenters. The summed E-state index contributed by atoms with van der Waals surface area (Å²) in [6.07, 6.45) is 1.94. The van der Waals surface area contributed by atoms with Gasteiger partial charge in [0.25, 0.3) is 5.69 Å². The van der Waals surface area contributed by atoms with Crippen molar-refractivity contribution >= 4 is 29.3 Å². The Bertz CT molecular complexity index is 571. The summed E-state index contributed by atoms with van der Waals surface area (Å²) in [7, 11) is 0. The number of fused-ring (bicyclic) bond motifs is 1. The summed E-state index contributed by atoms with van der Waals surface area (Å²) in [6, 6.07) is 4.23. The van der Waals surface area contributed by atoms with E-state index in [9.17, 15) is 14.9 Å². The predicted octanol–water partition coefficient (Wildman–Crippen LogP) is 2.26. The Morgan fingerprint density at radius 1 is 1.53 bits per heavy atom. The first-order valence-electron chi connectivity index (χ1n) is 5.61. The lowest BCUT2D eigenvalue weighted by Crippen LogP contribution is -2.10. The number of ether oxygens (including phenoxy) is 1. The lowest BCUT2D eigenvalue weighted by Gasteiger charge is -2.05. The Morgan fingerprint density at radius 3 is 2.89 bits per heavy atom. The van der Waals surface area contributed by atoms with Crippen LogP contribution in [0.5, 0.6) is 0 Å². The number of nitrogens with zero attached hydrogens (tertiary/aromatic N) is 2. The molecule has 1 aromatic rings. The van der Waals surface area contributed by atoms with Crippen LogP contribution in [0.25, 0.3) is 0 Å². The Balaban J connectivity index is 2.50. The molecule has 1 aliphatic heterocycles. The monoisotopic (exact) mass is 280 g/mol. The van der Waals surface area contributed by atoms with Crippen molar-refractivity contribution < 1.29 is 14.5 Å². The fraction of sp³-hybridized carbons (Fsp3) is 0.333. The van der Waals surface area contributed by atoms with E-state index in [1.807, 2.05) is 13.2 Å². The highest BCUT2D eigenvalue weighted by Gasteiger charge is 2.35. The largest absolute Gasteiger partial charge is 0.403 e. The molecular formula is C12H12N2O4S. The zero-order chi connectivity index (χ0) is 14.0. The molecule has 0 aliphatic carbocycles. The molecule has 19 heavy (non-hydrogen) atoms. The Hall–Kier alpha value is -1.89. The van der Waals surface area contributed by atoms with Crippen molar-refractivity contribution in [1.29, 1.82) is 0 Å². The average molecular weight is 280 g/mol. The molecule has 1 atom stereocenters. The van der Waals surface area contributed by atoms with E-state index in [4.69, 9.17) is 4.74 Å². The Kier molecular flexibility index (Phi) is 3.84. The maximum Gasteiger partial charge on any atom is 0.345 e. The van der Waals surface area contributed by atoms with E-state index in [0.29, 0.717) is 0 Å². The summed E-state index contributed by atoms with van der Waals surface area (Å²) < 4.78 is 5.04. The first-order chi connectivity index (χ1) is 9.04. The SMILES string of the molecule is CSCC(C)/N=C1\OC(=O)c2cccc([N+](=O)[O-])c21. The van der Waals surface area contributed by atoms with E-state index in [0.717, 1.165) is 5.75 Å². The number of hydrogen-bond acceptors (Lipinski definition) is 6. The minimum absolute atomic E-state index is 0.0499. The van der Waals surface area contributed by atoms with E-state index in [1.54, 1.807) is 11.8 Å². The Morgan fingerprint density at radius 2 is 2.26 bits per heavy atom. The van der Waals surface area contributed by atoms with Gasteiger partial charge < -0.3 is 4.74 Å². The topological polar surface area (TPSA) is 81.8 Å². The highest BCUT2D eigenvalue weighted by Crippen LogP contribution is 2.29. The molecule has 0 bridgehead atoms. The maximum absolute atomic E-state index is 11.7. The van der Waals surface area contributed by atoms with Crippen LogP contribution < -0.4 is 0 Å². The smallest absolute Gasteiger partial charge is 0.345 e. The second kappa shape index (κ2) is 5.40.